The van der Waals surface area contributed by atoms with Crippen molar-refractivity contribution in [3.05, 3.63) is 42.0 Å². The second kappa shape index (κ2) is 6.01. The standard InChI is InChI=1S/C18H25NO/c1-3-5-15-16(19-12-13-8-9-13)11-10-14-6-4-7-17(20-2)18(14)15/h3-4,6-7,13,15-16,19H,1,5,8-12H2,2H3/t15-,16+/m1/s1. The van der Waals surface area contributed by atoms with Gasteiger partial charge in [0.05, 0.1) is 7.11 Å². The summed E-state index contributed by atoms with van der Waals surface area (Å²) < 4.78 is 5.61. The number of ether oxygens (including phenoxy) is 1. The fraction of sp³-hybridized carbons (Fsp3) is 0.556. The van der Waals surface area contributed by atoms with Gasteiger partial charge in [-0.3, -0.25) is 0 Å². The number of aryl methyl sites for hydroxylation is 1. The van der Waals surface area contributed by atoms with E-state index in [1.165, 1.54) is 36.9 Å². The number of hydrogen-bond donors (Lipinski definition) is 1. The molecule has 1 saturated carbocycles. The summed E-state index contributed by atoms with van der Waals surface area (Å²) in [6.45, 7) is 5.14. The van der Waals surface area contributed by atoms with Gasteiger partial charge in [0.1, 0.15) is 5.75 Å². The lowest BCUT2D eigenvalue weighted by Gasteiger charge is -2.35. The minimum absolute atomic E-state index is 0.506. The van der Waals surface area contributed by atoms with Gasteiger partial charge in [-0.1, -0.05) is 18.2 Å². The molecular weight excluding hydrogens is 246 g/mol. The summed E-state index contributed by atoms with van der Waals surface area (Å²) in [6.07, 6.45) is 8.28. The Kier molecular flexibility index (Phi) is 4.11. The summed E-state index contributed by atoms with van der Waals surface area (Å²) in [5.74, 6) is 2.48. The maximum Gasteiger partial charge on any atom is 0.122 e. The van der Waals surface area contributed by atoms with Crippen LogP contribution in [0, 0.1) is 5.92 Å². The smallest absolute Gasteiger partial charge is 0.122 e. The molecule has 1 fully saturated rings. The van der Waals surface area contributed by atoms with Crippen molar-refractivity contribution in [2.24, 2.45) is 5.92 Å². The maximum absolute atomic E-state index is 5.61. The lowest BCUT2D eigenvalue weighted by atomic mass is 9.77. The number of nitrogens with one attached hydrogen (secondary N) is 1. The van der Waals surface area contributed by atoms with Crippen LogP contribution in [0.3, 0.4) is 0 Å². The summed E-state index contributed by atoms with van der Waals surface area (Å²) in [7, 11) is 1.78. The van der Waals surface area contributed by atoms with Crippen LogP contribution in [0.25, 0.3) is 0 Å². The third-order valence-corrected chi connectivity index (χ3v) is 4.74. The van der Waals surface area contributed by atoms with Gasteiger partial charge < -0.3 is 10.1 Å². The molecule has 0 unspecified atom stereocenters. The molecular formula is C18H25NO. The lowest BCUT2D eigenvalue weighted by Crippen LogP contribution is -2.39. The largest absolute Gasteiger partial charge is 0.496 e. The Morgan fingerprint density at radius 2 is 2.20 bits per heavy atom. The summed E-state index contributed by atoms with van der Waals surface area (Å²) in [5, 5.41) is 3.81. The first-order valence-electron chi connectivity index (χ1n) is 7.83. The van der Waals surface area contributed by atoms with Crippen LogP contribution in [0.4, 0.5) is 0 Å². The molecule has 2 aliphatic rings. The quantitative estimate of drug-likeness (QED) is 0.797. The van der Waals surface area contributed by atoms with Crippen molar-refractivity contribution in [2.75, 3.05) is 13.7 Å². The van der Waals surface area contributed by atoms with Crippen molar-refractivity contribution in [3.8, 4) is 5.75 Å². The van der Waals surface area contributed by atoms with E-state index in [2.05, 4.69) is 36.2 Å². The topological polar surface area (TPSA) is 21.3 Å². The summed E-state index contributed by atoms with van der Waals surface area (Å²) in [5.41, 5.74) is 2.87. The van der Waals surface area contributed by atoms with E-state index < -0.39 is 0 Å². The van der Waals surface area contributed by atoms with Crippen molar-refractivity contribution in [2.45, 2.75) is 44.1 Å². The maximum atomic E-state index is 5.61. The third kappa shape index (κ3) is 2.76. The number of hydrogen-bond acceptors (Lipinski definition) is 2. The van der Waals surface area contributed by atoms with Crippen molar-refractivity contribution in [1.82, 2.24) is 5.32 Å². The Bertz CT molecular complexity index is 464. The molecule has 108 valence electrons. The number of benzene rings is 1. The zero-order valence-electron chi connectivity index (χ0n) is 12.4. The average Bonchev–Trinajstić information content (AvgIpc) is 3.30. The highest BCUT2D eigenvalue weighted by atomic mass is 16.5. The van der Waals surface area contributed by atoms with E-state index in [9.17, 15) is 0 Å². The third-order valence-electron chi connectivity index (χ3n) is 4.74. The van der Waals surface area contributed by atoms with E-state index in [4.69, 9.17) is 4.74 Å². The van der Waals surface area contributed by atoms with E-state index in [1.54, 1.807) is 7.11 Å². The SMILES string of the molecule is C=CC[C@H]1c2c(cccc2OC)CC[C@@H]1NCC1CC1. The van der Waals surface area contributed by atoms with Crippen LogP contribution in [-0.2, 0) is 6.42 Å². The van der Waals surface area contributed by atoms with E-state index in [0.29, 0.717) is 12.0 Å². The Labute approximate surface area is 122 Å². The Balaban J connectivity index is 1.85. The van der Waals surface area contributed by atoms with Crippen molar-refractivity contribution < 1.29 is 4.74 Å². The molecule has 2 aliphatic carbocycles. The fourth-order valence-electron chi connectivity index (χ4n) is 3.47. The van der Waals surface area contributed by atoms with Crippen LogP contribution >= 0.6 is 0 Å². The van der Waals surface area contributed by atoms with Crippen molar-refractivity contribution >= 4 is 0 Å². The molecule has 20 heavy (non-hydrogen) atoms. The van der Waals surface area contributed by atoms with Crippen molar-refractivity contribution in [3.63, 3.8) is 0 Å². The van der Waals surface area contributed by atoms with Gasteiger partial charge in [0.2, 0.25) is 0 Å². The van der Waals surface area contributed by atoms with Gasteiger partial charge in [-0.2, -0.15) is 0 Å². The first-order valence-corrected chi connectivity index (χ1v) is 7.83. The molecule has 0 saturated heterocycles. The first kappa shape index (κ1) is 13.7. The lowest BCUT2D eigenvalue weighted by molar-refractivity contribution is 0.356. The van der Waals surface area contributed by atoms with Crippen LogP contribution in [0.5, 0.6) is 5.75 Å². The van der Waals surface area contributed by atoms with Crippen LogP contribution in [0.15, 0.2) is 30.9 Å². The second-order valence-electron chi connectivity index (χ2n) is 6.16. The predicted molar refractivity (Wildman–Crippen MR) is 83.4 cm³/mol. The number of methoxy groups -OCH3 is 1. The van der Waals surface area contributed by atoms with Gasteiger partial charge in [-0.15, -0.1) is 6.58 Å². The van der Waals surface area contributed by atoms with Gasteiger partial charge in [-0.05, 0) is 56.2 Å². The molecule has 0 aliphatic heterocycles. The monoisotopic (exact) mass is 271 g/mol. The number of fused-ring (bicyclic) bond motifs is 1. The van der Waals surface area contributed by atoms with E-state index in [1.807, 2.05) is 0 Å². The minimum atomic E-state index is 0.506. The minimum Gasteiger partial charge on any atom is -0.496 e. The highest BCUT2D eigenvalue weighted by molar-refractivity contribution is 5.45. The van der Waals surface area contributed by atoms with Crippen molar-refractivity contribution in [1.29, 1.82) is 0 Å². The Morgan fingerprint density at radius 1 is 1.35 bits per heavy atom. The first-order chi connectivity index (χ1) is 9.83. The van der Waals surface area contributed by atoms with Crippen LogP contribution in [-0.4, -0.2) is 19.7 Å². The fourth-order valence-corrected chi connectivity index (χ4v) is 3.47. The zero-order valence-corrected chi connectivity index (χ0v) is 12.4. The molecule has 2 atom stereocenters. The molecule has 0 aromatic heterocycles. The molecule has 0 bridgehead atoms. The Morgan fingerprint density at radius 3 is 2.90 bits per heavy atom. The molecule has 2 nitrogen and oxygen atoms in total. The van der Waals surface area contributed by atoms with Gasteiger partial charge >= 0.3 is 0 Å². The highest BCUT2D eigenvalue weighted by Crippen LogP contribution is 2.40. The molecule has 1 aromatic carbocycles. The van der Waals surface area contributed by atoms with E-state index >= 15 is 0 Å². The van der Waals surface area contributed by atoms with Gasteiger partial charge in [0.25, 0.3) is 0 Å². The molecule has 0 spiro atoms. The molecule has 0 amide bonds. The van der Waals surface area contributed by atoms with Crippen LogP contribution in [0.1, 0.15) is 42.7 Å². The second-order valence-corrected chi connectivity index (χ2v) is 6.16. The number of allylic oxidation sites excluding steroid dienone is 1. The van der Waals surface area contributed by atoms with Crippen LogP contribution in [0.2, 0.25) is 0 Å². The highest BCUT2D eigenvalue weighted by Gasteiger charge is 2.32. The van der Waals surface area contributed by atoms with Gasteiger partial charge in [-0.25, -0.2) is 0 Å². The summed E-state index contributed by atoms with van der Waals surface area (Å²) in [4.78, 5) is 0. The molecule has 1 aromatic rings. The zero-order chi connectivity index (χ0) is 13.9. The van der Waals surface area contributed by atoms with Gasteiger partial charge in [0.15, 0.2) is 0 Å². The van der Waals surface area contributed by atoms with Gasteiger partial charge in [0, 0.05) is 17.5 Å². The predicted octanol–water partition coefficient (Wildman–Crippen LogP) is 3.67. The summed E-state index contributed by atoms with van der Waals surface area (Å²) >= 11 is 0. The summed E-state index contributed by atoms with van der Waals surface area (Å²) in [6, 6.07) is 7.03. The molecule has 0 heterocycles. The van der Waals surface area contributed by atoms with Crippen LogP contribution < -0.4 is 10.1 Å². The normalized spacial score (nSPS) is 25.1. The Hall–Kier alpha value is -1.28. The van der Waals surface area contributed by atoms with E-state index in [0.717, 1.165) is 24.5 Å². The number of rotatable bonds is 6. The molecule has 2 heteroatoms. The van der Waals surface area contributed by atoms with E-state index in [-0.39, 0.29) is 0 Å². The molecule has 3 rings (SSSR count). The average molecular weight is 271 g/mol. The molecule has 1 N–H and O–H groups in total. The molecule has 0 radical (unpaired) electrons.